The summed E-state index contributed by atoms with van der Waals surface area (Å²) >= 11 is 1.60. The van der Waals surface area contributed by atoms with Crippen LogP contribution in [0.1, 0.15) is 23.6 Å². The summed E-state index contributed by atoms with van der Waals surface area (Å²) in [5.41, 5.74) is 2.26. The van der Waals surface area contributed by atoms with E-state index in [0.717, 1.165) is 24.4 Å². The topological polar surface area (TPSA) is 53.4 Å². The summed E-state index contributed by atoms with van der Waals surface area (Å²) in [5, 5.41) is 9.80. The SMILES string of the molecule is O=C(CSCc1ccccn1)N1CC[C@H](c2ccccc2)[C@H](CO)C1. The van der Waals surface area contributed by atoms with Crippen LogP contribution in [0.5, 0.6) is 0 Å². The first-order valence-corrected chi connectivity index (χ1v) is 9.84. The maximum atomic E-state index is 12.5. The molecule has 25 heavy (non-hydrogen) atoms. The summed E-state index contributed by atoms with van der Waals surface area (Å²) in [7, 11) is 0. The second-order valence-electron chi connectivity index (χ2n) is 6.40. The van der Waals surface area contributed by atoms with Gasteiger partial charge >= 0.3 is 0 Å². The highest BCUT2D eigenvalue weighted by molar-refractivity contribution is 7.99. The first kappa shape index (κ1) is 18.0. The number of hydrogen-bond donors (Lipinski definition) is 1. The van der Waals surface area contributed by atoms with Crippen molar-refractivity contribution >= 4 is 17.7 Å². The number of hydrogen-bond acceptors (Lipinski definition) is 4. The predicted octanol–water partition coefficient (Wildman–Crippen LogP) is 2.94. The van der Waals surface area contributed by atoms with Gasteiger partial charge in [-0.25, -0.2) is 0 Å². The highest BCUT2D eigenvalue weighted by atomic mass is 32.2. The molecule has 132 valence electrons. The van der Waals surface area contributed by atoms with Gasteiger partial charge in [-0.3, -0.25) is 9.78 Å². The number of carbonyl (C=O) groups is 1. The zero-order valence-electron chi connectivity index (χ0n) is 14.3. The largest absolute Gasteiger partial charge is 0.396 e. The summed E-state index contributed by atoms with van der Waals surface area (Å²) in [6.45, 7) is 1.52. The lowest BCUT2D eigenvalue weighted by Gasteiger charge is -2.38. The average Bonchev–Trinajstić information content (AvgIpc) is 2.69. The molecule has 0 aliphatic carbocycles. The fourth-order valence-corrected chi connectivity index (χ4v) is 4.24. The lowest BCUT2D eigenvalue weighted by atomic mass is 9.81. The van der Waals surface area contributed by atoms with Crippen LogP contribution in [0.25, 0.3) is 0 Å². The number of aliphatic hydroxyl groups is 1. The Hall–Kier alpha value is -1.85. The van der Waals surface area contributed by atoms with Crippen LogP contribution in [0.15, 0.2) is 54.7 Å². The third-order valence-electron chi connectivity index (χ3n) is 4.75. The zero-order valence-corrected chi connectivity index (χ0v) is 15.1. The first-order chi connectivity index (χ1) is 12.3. The number of thioether (sulfide) groups is 1. The van der Waals surface area contributed by atoms with Crippen LogP contribution in [0.4, 0.5) is 0 Å². The molecule has 1 aromatic carbocycles. The first-order valence-electron chi connectivity index (χ1n) is 8.69. The van der Waals surface area contributed by atoms with Crippen LogP contribution in [-0.4, -0.2) is 46.3 Å². The summed E-state index contributed by atoms with van der Waals surface area (Å²) in [4.78, 5) is 18.7. The van der Waals surface area contributed by atoms with Gasteiger partial charge in [0.05, 0.1) is 11.4 Å². The number of carbonyl (C=O) groups excluding carboxylic acids is 1. The van der Waals surface area contributed by atoms with Gasteiger partial charge in [0.25, 0.3) is 0 Å². The van der Waals surface area contributed by atoms with Crippen molar-refractivity contribution in [1.82, 2.24) is 9.88 Å². The fourth-order valence-electron chi connectivity index (χ4n) is 3.40. The van der Waals surface area contributed by atoms with E-state index < -0.39 is 0 Å². The molecule has 5 heteroatoms. The van der Waals surface area contributed by atoms with Gasteiger partial charge in [0.2, 0.25) is 5.91 Å². The Morgan fingerprint density at radius 1 is 1.20 bits per heavy atom. The quantitative estimate of drug-likeness (QED) is 0.865. The Labute approximate surface area is 153 Å². The molecule has 1 saturated heterocycles. The van der Waals surface area contributed by atoms with Crippen LogP contribution in [0, 0.1) is 5.92 Å². The molecular weight excluding hydrogens is 332 g/mol. The average molecular weight is 356 g/mol. The van der Waals surface area contributed by atoms with Gasteiger partial charge in [-0.2, -0.15) is 0 Å². The van der Waals surface area contributed by atoms with E-state index in [1.54, 1.807) is 18.0 Å². The minimum absolute atomic E-state index is 0.112. The molecular formula is C20H24N2O2S. The van der Waals surface area contributed by atoms with Gasteiger partial charge in [0.15, 0.2) is 0 Å². The Bertz CT molecular complexity index is 666. The van der Waals surface area contributed by atoms with Crippen LogP contribution in [0.2, 0.25) is 0 Å². The standard InChI is InChI=1S/C20H24N2O2S/c23-13-17-12-22(11-9-19(17)16-6-2-1-3-7-16)20(24)15-25-14-18-8-4-5-10-21-18/h1-8,10,17,19,23H,9,11-15H2/t17-,19+/m0/s1. The van der Waals surface area contributed by atoms with E-state index in [1.807, 2.05) is 41.3 Å². The van der Waals surface area contributed by atoms with Gasteiger partial charge in [-0.15, -0.1) is 11.8 Å². The number of pyridine rings is 1. The van der Waals surface area contributed by atoms with E-state index in [1.165, 1.54) is 5.56 Å². The number of rotatable bonds is 6. The molecule has 0 spiro atoms. The summed E-state index contributed by atoms with van der Waals surface area (Å²) in [5.74, 6) is 1.81. The van der Waals surface area contributed by atoms with Crippen molar-refractivity contribution in [3.8, 4) is 0 Å². The maximum Gasteiger partial charge on any atom is 0.232 e. The van der Waals surface area contributed by atoms with E-state index in [-0.39, 0.29) is 18.4 Å². The van der Waals surface area contributed by atoms with E-state index in [2.05, 4.69) is 17.1 Å². The zero-order chi connectivity index (χ0) is 17.5. The van der Waals surface area contributed by atoms with Crippen molar-refractivity contribution in [2.24, 2.45) is 5.92 Å². The molecule has 1 N–H and O–H groups in total. The minimum Gasteiger partial charge on any atom is -0.396 e. The van der Waals surface area contributed by atoms with E-state index in [9.17, 15) is 9.90 Å². The van der Waals surface area contributed by atoms with E-state index in [4.69, 9.17) is 0 Å². The van der Waals surface area contributed by atoms with Gasteiger partial charge < -0.3 is 10.0 Å². The van der Waals surface area contributed by atoms with Crippen LogP contribution in [-0.2, 0) is 10.5 Å². The highest BCUT2D eigenvalue weighted by Crippen LogP contribution is 2.33. The molecule has 0 radical (unpaired) electrons. The Morgan fingerprint density at radius 2 is 2.00 bits per heavy atom. The summed E-state index contributed by atoms with van der Waals surface area (Å²) in [6.07, 6.45) is 2.68. The third-order valence-corrected chi connectivity index (χ3v) is 5.70. The lowest BCUT2D eigenvalue weighted by molar-refractivity contribution is -0.130. The molecule has 2 atom stereocenters. The molecule has 1 aliphatic rings. The number of amides is 1. The van der Waals surface area contributed by atoms with Crippen LogP contribution < -0.4 is 0 Å². The Morgan fingerprint density at radius 3 is 2.72 bits per heavy atom. The third kappa shape index (κ3) is 4.83. The van der Waals surface area contributed by atoms with Crippen molar-refractivity contribution in [2.75, 3.05) is 25.4 Å². The monoisotopic (exact) mass is 356 g/mol. The highest BCUT2D eigenvalue weighted by Gasteiger charge is 2.31. The van der Waals surface area contributed by atoms with E-state index >= 15 is 0 Å². The van der Waals surface area contributed by atoms with Gasteiger partial charge in [0.1, 0.15) is 0 Å². The van der Waals surface area contributed by atoms with Crippen LogP contribution in [0.3, 0.4) is 0 Å². The van der Waals surface area contributed by atoms with Crippen molar-refractivity contribution < 1.29 is 9.90 Å². The van der Waals surface area contributed by atoms with Crippen molar-refractivity contribution in [3.63, 3.8) is 0 Å². The molecule has 1 aromatic heterocycles. The summed E-state index contributed by atoms with van der Waals surface area (Å²) in [6, 6.07) is 16.2. The second kappa shape index (κ2) is 9.02. The number of benzene rings is 1. The molecule has 2 aromatic rings. The smallest absolute Gasteiger partial charge is 0.232 e. The van der Waals surface area contributed by atoms with Crippen molar-refractivity contribution in [2.45, 2.75) is 18.1 Å². The van der Waals surface area contributed by atoms with Gasteiger partial charge in [0, 0.05) is 37.6 Å². The molecule has 1 fully saturated rings. The van der Waals surface area contributed by atoms with Crippen LogP contribution >= 0.6 is 11.8 Å². The predicted molar refractivity (Wildman–Crippen MR) is 101 cm³/mol. The Balaban J connectivity index is 1.51. The maximum absolute atomic E-state index is 12.5. The minimum atomic E-state index is 0.112. The summed E-state index contributed by atoms with van der Waals surface area (Å²) < 4.78 is 0. The van der Waals surface area contributed by atoms with Crippen molar-refractivity contribution in [3.05, 3.63) is 66.0 Å². The molecule has 0 bridgehead atoms. The number of aliphatic hydroxyl groups excluding tert-OH is 1. The normalized spacial score (nSPS) is 20.4. The second-order valence-corrected chi connectivity index (χ2v) is 7.39. The lowest BCUT2D eigenvalue weighted by Crippen LogP contribution is -2.45. The van der Waals surface area contributed by atoms with Gasteiger partial charge in [-0.1, -0.05) is 36.4 Å². The van der Waals surface area contributed by atoms with E-state index in [0.29, 0.717) is 18.2 Å². The van der Waals surface area contributed by atoms with Gasteiger partial charge in [-0.05, 0) is 30.0 Å². The number of nitrogens with zero attached hydrogens (tertiary/aromatic N) is 2. The fraction of sp³-hybridized carbons (Fsp3) is 0.400. The molecule has 4 nitrogen and oxygen atoms in total. The number of likely N-dealkylation sites (tertiary alicyclic amines) is 1. The Kier molecular flexibility index (Phi) is 6.48. The van der Waals surface area contributed by atoms with Crippen molar-refractivity contribution in [1.29, 1.82) is 0 Å². The molecule has 0 saturated carbocycles. The number of aromatic nitrogens is 1. The molecule has 3 rings (SSSR count). The molecule has 1 amide bonds. The molecule has 0 unspecified atom stereocenters. The molecule has 2 heterocycles. The molecule has 1 aliphatic heterocycles. The number of piperidine rings is 1.